The number of benzene rings is 1. The van der Waals surface area contributed by atoms with Gasteiger partial charge in [0.1, 0.15) is 5.41 Å². The largest absolute Gasteiger partial charge is 0.368 e. The minimum atomic E-state index is -1.01. The van der Waals surface area contributed by atoms with Crippen LogP contribution < -0.4 is 4.90 Å². The molecule has 0 unspecified atom stereocenters. The minimum absolute atomic E-state index is 0.0604. The number of nitrogens with zero attached hydrogens (tertiary/aromatic N) is 3. The molecule has 0 radical (unpaired) electrons. The van der Waals surface area contributed by atoms with Gasteiger partial charge in [0.25, 0.3) is 0 Å². The van der Waals surface area contributed by atoms with Gasteiger partial charge in [0, 0.05) is 45.5 Å². The molecule has 26 heavy (non-hydrogen) atoms. The zero-order valence-corrected chi connectivity index (χ0v) is 16.9. The molecule has 1 aliphatic rings. The molecule has 0 aliphatic carbocycles. The monoisotopic (exact) mass is 359 g/mol. The van der Waals surface area contributed by atoms with Crippen LogP contribution in [0, 0.1) is 12.3 Å². The Morgan fingerprint density at radius 2 is 1.81 bits per heavy atom. The molecular formula is C21H33N3O2. The van der Waals surface area contributed by atoms with Gasteiger partial charge >= 0.3 is 0 Å². The lowest BCUT2D eigenvalue weighted by Gasteiger charge is -2.40. The number of amides is 2. The van der Waals surface area contributed by atoms with Crippen molar-refractivity contribution in [1.29, 1.82) is 0 Å². The normalized spacial score (nSPS) is 15.1. The Morgan fingerprint density at radius 3 is 2.38 bits per heavy atom. The van der Waals surface area contributed by atoms with E-state index in [-0.39, 0.29) is 11.8 Å². The van der Waals surface area contributed by atoms with Crippen molar-refractivity contribution in [1.82, 2.24) is 9.80 Å². The third kappa shape index (κ3) is 4.57. The van der Waals surface area contributed by atoms with E-state index in [4.69, 9.17) is 0 Å². The molecule has 144 valence electrons. The highest BCUT2D eigenvalue weighted by Crippen LogP contribution is 2.24. The van der Waals surface area contributed by atoms with Crippen molar-refractivity contribution >= 4 is 17.5 Å². The summed E-state index contributed by atoms with van der Waals surface area (Å²) in [7, 11) is 1.79. The Bertz CT molecular complexity index is 634. The van der Waals surface area contributed by atoms with Crippen molar-refractivity contribution in [2.45, 2.75) is 40.5 Å². The van der Waals surface area contributed by atoms with Crippen LogP contribution in [-0.2, 0) is 9.59 Å². The lowest BCUT2D eigenvalue weighted by atomic mass is 9.89. The summed E-state index contributed by atoms with van der Waals surface area (Å²) in [5, 5.41) is 0. The van der Waals surface area contributed by atoms with Crippen molar-refractivity contribution in [2.75, 3.05) is 44.7 Å². The van der Waals surface area contributed by atoms with E-state index in [0.29, 0.717) is 19.6 Å². The highest BCUT2D eigenvalue weighted by atomic mass is 16.2. The first-order valence-electron chi connectivity index (χ1n) is 9.64. The fourth-order valence-corrected chi connectivity index (χ4v) is 3.45. The maximum atomic E-state index is 13.0. The van der Waals surface area contributed by atoms with E-state index in [1.165, 1.54) is 11.3 Å². The maximum Gasteiger partial charge on any atom is 0.237 e. The number of carbonyl (C=O) groups excluding carboxylic acids is 2. The number of carbonyl (C=O) groups is 2. The molecule has 0 atom stereocenters. The summed E-state index contributed by atoms with van der Waals surface area (Å²) in [6.45, 7) is 11.3. The molecule has 1 aromatic carbocycles. The van der Waals surface area contributed by atoms with E-state index in [1.807, 2.05) is 4.90 Å². The van der Waals surface area contributed by atoms with Gasteiger partial charge in [-0.25, -0.2) is 0 Å². The van der Waals surface area contributed by atoms with Gasteiger partial charge in [-0.3, -0.25) is 9.59 Å². The number of piperazine rings is 1. The smallest absolute Gasteiger partial charge is 0.237 e. The first-order chi connectivity index (χ1) is 12.3. The highest BCUT2D eigenvalue weighted by Gasteiger charge is 2.41. The molecule has 2 amide bonds. The Balaban J connectivity index is 1.97. The van der Waals surface area contributed by atoms with E-state index >= 15 is 0 Å². The predicted molar refractivity (Wildman–Crippen MR) is 106 cm³/mol. The van der Waals surface area contributed by atoms with E-state index in [9.17, 15) is 9.59 Å². The van der Waals surface area contributed by atoms with Crippen LogP contribution in [-0.4, -0.2) is 61.4 Å². The lowest BCUT2D eigenvalue weighted by molar-refractivity contribution is -0.153. The molecule has 0 spiro atoms. The standard InChI is InChI=1S/C21H33N3O2/c1-6-7-11-22(5)19(25)21(3,4)20(26)24-14-12-23(13-15-24)18-10-8-9-17(2)16-18/h8-10,16H,6-7,11-15H2,1-5H3. The first-order valence-corrected chi connectivity index (χ1v) is 9.64. The topological polar surface area (TPSA) is 43.9 Å². The van der Waals surface area contributed by atoms with Crippen LogP contribution in [0.5, 0.6) is 0 Å². The molecule has 0 bridgehead atoms. The van der Waals surface area contributed by atoms with Crippen LogP contribution in [0.15, 0.2) is 24.3 Å². The van der Waals surface area contributed by atoms with Gasteiger partial charge in [0.15, 0.2) is 0 Å². The van der Waals surface area contributed by atoms with Crippen molar-refractivity contribution in [3.8, 4) is 0 Å². The van der Waals surface area contributed by atoms with Gasteiger partial charge in [-0.2, -0.15) is 0 Å². The van der Waals surface area contributed by atoms with Crippen LogP contribution in [0.3, 0.4) is 0 Å². The van der Waals surface area contributed by atoms with Crippen molar-refractivity contribution in [3.05, 3.63) is 29.8 Å². The van der Waals surface area contributed by atoms with Crippen LogP contribution in [0.4, 0.5) is 5.69 Å². The fourth-order valence-electron chi connectivity index (χ4n) is 3.45. The number of hydrogen-bond donors (Lipinski definition) is 0. The summed E-state index contributed by atoms with van der Waals surface area (Å²) >= 11 is 0. The van der Waals surface area contributed by atoms with Crippen molar-refractivity contribution < 1.29 is 9.59 Å². The molecule has 1 fully saturated rings. The number of anilines is 1. The summed E-state index contributed by atoms with van der Waals surface area (Å²) in [5.41, 5.74) is 1.43. The molecule has 5 heteroatoms. The van der Waals surface area contributed by atoms with Crippen molar-refractivity contribution in [3.63, 3.8) is 0 Å². The predicted octanol–water partition coefficient (Wildman–Crippen LogP) is 2.93. The molecule has 1 aromatic rings. The van der Waals surface area contributed by atoms with Crippen LogP contribution in [0.1, 0.15) is 39.2 Å². The summed E-state index contributed by atoms with van der Waals surface area (Å²) in [4.78, 5) is 31.6. The molecule has 1 saturated heterocycles. The van der Waals surface area contributed by atoms with E-state index < -0.39 is 5.41 Å². The SMILES string of the molecule is CCCCN(C)C(=O)C(C)(C)C(=O)N1CCN(c2cccc(C)c2)CC1. The molecular weight excluding hydrogens is 326 g/mol. The zero-order chi connectivity index (χ0) is 19.3. The minimum Gasteiger partial charge on any atom is -0.368 e. The van der Waals surface area contributed by atoms with E-state index in [0.717, 1.165) is 25.9 Å². The second-order valence-electron chi connectivity index (χ2n) is 7.82. The van der Waals surface area contributed by atoms with E-state index in [2.05, 4.69) is 43.0 Å². The quantitative estimate of drug-likeness (QED) is 0.734. The van der Waals surface area contributed by atoms with Gasteiger partial charge in [-0.05, 0) is 44.9 Å². The Kier molecular flexibility index (Phi) is 6.68. The first kappa shape index (κ1) is 20.3. The van der Waals surface area contributed by atoms with Crippen molar-refractivity contribution in [2.24, 2.45) is 5.41 Å². The third-order valence-corrected chi connectivity index (χ3v) is 5.20. The Hall–Kier alpha value is -2.04. The molecule has 2 rings (SSSR count). The Labute approximate surface area is 158 Å². The number of rotatable bonds is 6. The maximum absolute atomic E-state index is 13.0. The van der Waals surface area contributed by atoms with Gasteiger partial charge in [0.2, 0.25) is 11.8 Å². The fraction of sp³-hybridized carbons (Fsp3) is 0.619. The summed E-state index contributed by atoms with van der Waals surface area (Å²) < 4.78 is 0. The molecule has 0 aromatic heterocycles. The van der Waals surface area contributed by atoms with Gasteiger partial charge in [-0.1, -0.05) is 25.5 Å². The summed E-state index contributed by atoms with van der Waals surface area (Å²) in [6.07, 6.45) is 1.99. The Morgan fingerprint density at radius 1 is 1.15 bits per heavy atom. The lowest BCUT2D eigenvalue weighted by Crippen LogP contribution is -2.55. The second kappa shape index (κ2) is 8.56. The molecule has 5 nitrogen and oxygen atoms in total. The average Bonchev–Trinajstić information content (AvgIpc) is 2.64. The molecule has 1 aliphatic heterocycles. The third-order valence-electron chi connectivity index (χ3n) is 5.20. The number of aryl methyl sites for hydroxylation is 1. The number of hydrogen-bond acceptors (Lipinski definition) is 3. The second-order valence-corrected chi connectivity index (χ2v) is 7.82. The highest BCUT2D eigenvalue weighted by molar-refractivity contribution is 6.04. The van der Waals surface area contributed by atoms with Gasteiger partial charge < -0.3 is 14.7 Å². The van der Waals surface area contributed by atoms with E-state index in [1.54, 1.807) is 25.8 Å². The van der Waals surface area contributed by atoms with Gasteiger partial charge in [0.05, 0.1) is 0 Å². The van der Waals surface area contributed by atoms with Gasteiger partial charge in [-0.15, -0.1) is 0 Å². The molecule has 0 saturated carbocycles. The number of unbranched alkanes of at least 4 members (excludes halogenated alkanes) is 1. The zero-order valence-electron chi connectivity index (χ0n) is 16.9. The molecule has 1 heterocycles. The average molecular weight is 360 g/mol. The van der Waals surface area contributed by atoms with Crippen LogP contribution >= 0.6 is 0 Å². The van der Waals surface area contributed by atoms with Crippen LogP contribution in [0.2, 0.25) is 0 Å². The van der Waals surface area contributed by atoms with Crippen LogP contribution in [0.25, 0.3) is 0 Å². The molecule has 0 N–H and O–H groups in total. The summed E-state index contributed by atoms with van der Waals surface area (Å²) in [6, 6.07) is 8.44. The summed E-state index contributed by atoms with van der Waals surface area (Å²) in [5.74, 6) is -0.146.